The van der Waals surface area contributed by atoms with Gasteiger partial charge in [-0.05, 0) is 55.0 Å². The van der Waals surface area contributed by atoms with E-state index in [9.17, 15) is 13.2 Å². The molecule has 140 valence electrons. The van der Waals surface area contributed by atoms with Gasteiger partial charge in [0, 0.05) is 0 Å². The van der Waals surface area contributed by atoms with Crippen LogP contribution in [0, 0.1) is 0 Å². The topological polar surface area (TPSA) is 107 Å². The van der Waals surface area contributed by atoms with Gasteiger partial charge in [0.1, 0.15) is 5.75 Å². The molecule has 0 bridgehead atoms. The highest BCUT2D eigenvalue weighted by molar-refractivity contribution is 7.89. The minimum Gasteiger partial charge on any atom is -0.494 e. The number of benzene rings is 2. The summed E-state index contributed by atoms with van der Waals surface area (Å²) in [5.74, 6) is 0.755. The smallest absolute Gasteiger partial charge is 0.279 e. The van der Waals surface area contributed by atoms with Crippen LogP contribution in [0.1, 0.15) is 12.5 Å². The molecule has 3 N–H and O–H groups in total. The summed E-state index contributed by atoms with van der Waals surface area (Å²) in [5.41, 5.74) is 1.01. The van der Waals surface area contributed by atoms with Crippen LogP contribution in [0.4, 0.5) is 0 Å². The third kappa shape index (κ3) is 4.02. The Hall–Kier alpha value is -3.10. The van der Waals surface area contributed by atoms with Crippen molar-refractivity contribution in [3.63, 3.8) is 0 Å². The molecule has 0 aliphatic heterocycles. The van der Waals surface area contributed by atoms with Crippen LogP contribution in [0.25, 0.3) is 18.3 Å². The lowest BCUT2D eigenvalue weighted by Crippen LogP contribution is -2.33. The van der Waals surface area contributed by atoms with Crippen molar-refractivity contribution in [2.75, 3.05) is 6.61 Å². The van der Waals surface area contributed by atoms with E-state index in [0.29, 0.717) is 22.9 Å². The Kier molecular flexibility index (Phi) is 5.02. The third-order valence-electron chi connectivity index (χ3n) is 3.93. The lowest BCUT2D eigenvalue weighted by molar-refractivity contribution is 0.340. The molecular weight excluding hydrogens is 366 g/mol. The Balaban J connectivity index is 2.02. The van der Waals surface area contributed by atoms with E-state index in [1.165, 1.54) is 28.9 Å². The Morgan fingerprint density at radius 2 is 1.78 bits per heavy atom. The van der Waals surface area contributed by atoms with Crippen molar-refractivity contribution in [1.29, 1.82) is 0 Å². The van der Waals surface area contributed by atoms with Gasteiger partial charge >= 0.3 is 0 Å². The summed E-state index contributed by atoms with van der Waals surface area (Å²) >= 11 is 0. The number of nitrogens with one attached hydrogen (secondary N) is 1. The highest BCUT2D eigenvalue weighted by atomic mass is 32.2. The Morgan fingerprint density at radius 1 is 1.15 bits per heavy atom. The number of ether oxygens (including phenoxy) is 1. The van der Waals surface area contributed by atoms with Crippen molar-refractivity contribution in [2.24, 2.45) is 5.14 Å². The lowest BCUT2D eigenvalue weighted by atomic mass is 10.2. The van der Waals surface area contributed by atoms with Gasteiger partial charge in [0.15, 0.2) is 0 Å². The number of hydrogen-bond donors (Lipinski definition) is 2. The van der Waals surface area contributed by atoms with Gasteiger partial charge in [0.2, 0.25) is 10.0 Å². The van der Waals surface area contributed by atoms with Crippen LogP contribution in [-0.4, -0.2) is 24.8 Å². The molecular formula is C19H19N3O4S. The van der Waals surface area contributed by atoms with Gasteiger partial charge in [-0.1, -0.05) is 18.7 Å². The van der Waals surface area contributed by atoms with Crippen molar-refractivity contribution < 1.29 is 13.2 Å². The molecule has 1 aromatic heterocycles. The van der Waals surface area contributed by atoms with E-state index < -0.39 is 10.0 Å². The molecule has 0 aliphatic carbocycles. The normalized spacial score (nSPS) is 12.3. The van der Waals surface area contributed by atoms with Gasteiger partial charge in [-0.3, -0.25) is 9.89 Å². The first-order chi connectivity index (χ1) is 12.8. The fraction of sp³-hybridized carbons (Fsp3) is 0.105. The van der Waals surface area contributed by atoms with Crippen LogP contribution < -0.4 is 26.0 Å². The lowest BCUT2D eigenvalue weighted by Gasteiger charge is -2.02. The van der Waals surface area contributed by atoms with Crippen LogP contribution in [0.15, 0.2) is 58.2 Å². The molecule has 8 heteroatoms. The Labute approximate surface area is 156 Å². The summed E-state index contributed by atoms with van der Waals surface area (Å²) in [6.45, 7) is 6.37. The molecule has 7 nitrogen and oxygen atoms in total. The van der Waals surface area contributed by atoms with Gasteiger partial charge < -0.3 is 4.74 Å². The number of rotatable bonds is 5. The van der Waals surface area contributed by atoms with Crippen LogP contribution in [-0.2, 0) is 10.0 Å². The second kappa shape index (κ2) is 7.26. The van der Waals surface area contributed by atoms with Gasteiger partial charge in [0.05, 0.1) is 27.8 Å². The maximum atomic E-state index is 12.7. The molecule has 0 saturated carbocycles. The van der Waals surface area contributed by atoms with Crippen LogP contribution >= 0.6 is 0 Å². The first-order valence-corrected chi connectivity index (χ1v) is 9.72. The zero-order valence-corrected chi connectivity index (χ0v) is 15.5. The fourth-order valence-corrected chi connectivity index (χ4v) is 3.12. The van der Waals surface area contributed by atoms with Gasteiger partial charge in [0.25, 0.3) is 5.56 Å². The molecule has 0 aliphatic rings. The number of nitrogens with zero attached hydrogens (tertiary/aromatic N) is 1. The molecule has 3 aromatic rings. The number of primary sulfonamides is 1. The van der Waals surface area contributed by atoms with Crippen LogP contribution in [0.2, 0.25) is 0 Å². The summed E-state index contributed by atoms with van der Waals surface area (Å²) in [4.78, 5) is 12.7. The standard InChI is InChI=1S/C19H19N3O4S/c1-3-26-16-8-4-14(5-9-16)12-18-13(2)21-22(19(18)23)15-6-10-17(11-7-15)27(20,24)25/h4-12,21H,2-3H2,1H3,(H2,20,24,25)/b18-12-. The van der Waals surface area contributed by atoms with Crippen LogP contribution in [0.5, 0.6) is 5.75 Å². The zero-order chi connectivity index (χ0) is 19.6. The third-order valence-corrected chi connectivity index (χ3v) is 4.86. The molecule has 3 rings (SSSR count). The quantitative estimate of drug-likeness (QED) is 0.665. The summed E-state index contributed by atoms with van der Waals surface area (Å²) in [6, 6.07) is 13.0. The van der Waals surface area contributed by atoms with Crippen molar-refractivity contribution >= 4 is 22.7 Å². The summed E-state index contributed by atoms with van der Waals surface area (Å²) < 4.78 is 29.4. The molecule has 0 radical (unpaired) electrons. The Morgan fingerprint density at radius 3 is 2.33 bits per heavy atom. The van der Waals surface area contributed by atoms with E-state index in [1.54, 1.807) is 6.08 Å². The maximum absolute atomic E-state index is 12.7. The monoisotopic (exact) mass is 385 g/mol. The first-order valence-electron chi connectivity index (χ1n) is 8.17. The van der Waals surface area contributed by atoms with E-state index in [1.807, 2.05) is 31.2 Å². The average Bonchev–Trinajstić information content (AvgIpc) is 2.91. The molecule has 0 amide bonds. The molecule has 0 unspecified atom stereocenters. The first kappa shape index (κ1) is 18.7. The number of aromatic nitrogens is 2. The summed E-state index contributed by atoms with van der Waals surface area (Å²) in [6.07, 6.45) is 1.73. The second-order valence-electron chi connectivity index (χ2n) is 5.83. The van der Waals surface area contributed by atoms with E-state index in [-0.39, 0.29) is 10.5 Å². The minimum atomic E-state index is -3.79. The zero-order valence-electron chi connectivity index (χ0n) is 14.7. The van der Waals surface area contributed by atoms with Crippen molar-refractivity contribution in [3.05, 3.63) is 75.0 Å². The van der Waals surface area contributed by atoms with Crippen molar-refractivity contribution in [1.82, 2.24) is 9.78 Å². The second-order valence-corrected chi connectivity index (χ2v) is 7.39. The van der Waals surface area contributed by atoms with E-state index >= 15 is 0 Å². The Bertz CT molecular complexity index is 1220. The molecule has 1 heterocycles. The molecule has 0 spiro atoms. The van der Waals surface area contributed by atoms with Crippen molar-refractivity contribution in [3.8, 4) is 11.4 Å². The van der Waals surface area contributed by atoms with E-state index in [4.69, 9.17) is 9.88 Å². The van der Waals surface area contributed by atoms with Gasteiger partial charge in [-0.25, -0.2) is 18.2 Å². The number of aromatic amines is 1. The minimum absolute atomic E-state index is 0.0260. The average molecular weight is 385 g/mol. The molecule has 0 saturated heterocycles. The predicted octanol–water partition coefficient (Wildman–Crippen LogP) is 0.451. The summed E-state index contributed by atoms with van der Waals surface area (Å²) in [5, 5.41) is 8.85. The number of hydrogen-bond acceptors (Lipinski definition) is 4. The van der Waals surface area contributed by atoms with Crippen molar-refractivity contribution in [2.45, 2.75) is 11.8 Å². The number of sulfonamides is 1. The largest absolute Gasteiger partial charge is 0.494 e. The van der Waals surface area contributed by atoms with E-state index in [0.717, 1.165) is 11.3 Å². The highest BCUT2D eigenvalue weighted by Crippen LogP contribution is 2.12. The highest BCUT2D eigenvalue weighted by Gasteiger charge is 2.09. The fourth-order valence-electron chi connectivity index (χ4n) is 2.60. The molecule has 0 atom stereocenters. The maximum Gasteiger partial charge on any atom is 0.279 e. The SMILES string of the molecule is C=c1[nH]n(-c2ccc(S(N)(=O)=O)cc2)c(=O)/c1=C\c1ccc(OCC)cc1. The molecule has 27 heavy (non-hydrogen) atoms. The molecule has 0 fully saturated rings. The van der Waals surface area contributed by atoms with Gasteiger partial charge in [-0.2, -0.15) is 0 Å². The van der Waals surface area contributed by atoms with Gasteiger partial charge in [-0.15, -0.1) is 0 Å². The predicted molar refractivity (Wildman–Crippen MR) is 104 cm³/mol. The number of nitrogens with two attached hydrogens (primary N) is 1. The summed E-state index contributed by atoms with van der Waals surface area (Å²) in [7, 11) is -3.79. The number of H-pyrrole nitrogens is 1. The van der Waals surface area contributed by atoms with E-state index in [2.05, 4.69) is 11.7 Å². The van der Waals surface area contributed by atoms with Crippen LogP contribution in [0.3, 0.4) is 0 Å². The molecule has 2 aromatic carbocycles.